The van der Waals surface area contributed by atoms with Gasteiger partial charge in [-0.3, -0.25) is 0 Å². The minimum absolute atomic E-state index is 0.362. The van der Waals surface area contributed by atoms with Crippen molar-refractivity contribution >= 4 is 15.9 Å². The third-order valence-electron chi connectivity index (χ3n) is 6.19. The number of hydrogen-bond donors (Lipinski definition) is 0. The zero-order valence-corrected chi connectivity index (χ0v) is 13.8. The van der Waals surface area contributed by atoms with Gasteiger partial charge in [0.1, 0.15) is 0 Å². The molecule has 0 aromatic heterocycles. The van der Waals surface area contributed by atoms with E-state index in [1.165, 1.54) is 25.7 Å². The van der Waals surface area contributed by atoms with Gasteiger partial charge in [0.15, 0.2) is 0 Å². The first-order valence-corrected chi connectivity index (χ1v) is 8.26. The maximum absolute atomic E-state index is 9.16. The molecule has 1 nitrogen and oxygen atoms in total. The monoisotopic (exact) mass is 311 g/mol. The molecule has 5 atom stereocenters. The van der Waals surface area contributed by atoms with Crippen LogP contribution < -0.4 is 0 Å². The van der Waals surface area contributed by atoms with E-state index in [0.29, 0.717) is 27.5 Å². The van der Waals surface area contributed by atoms with Crippen LogP contribution in [0.3, 0.4) is 0 Å². The van der Waals surface area contributed by atoms with Gasteiger partial charge >= 0.3 is 0 Å². The van der Waals surface area contributed by atoms with Crippen LogP contribution in [0, 0.1) is 39.9 Å². The smallest absolute Gasteiger partial charge is 0.0624 e. The Morgan fingerprint density at radius 3 is 2.50 bits per heavy atom. The van der Waals surface area contributed by atoms with E-state index < -0.39 is 0 Å². The summed E-state index contributed by atoms with van der Waals surface area (Å²) < 4.78 is 0. The van der Waals surface area contributed by atoms with E-state index in [9.17, 15) is 0 Å². The molecule has 0 bridgehead atoms. The van der Waals surface area contributed by atoms with Crippen molar-refractivity contribution in [3.63, 3.8) is 0 Å². The van der Waals surface area contributed by atoms with Crippen LogP contribution in [-0.2, 0) is 0 Å². The van der Waals surface area contributed by atoms with E-state index in [1.807, 2.05) is 0 Å². The number of nitrogens with zero attached hydrogens (tertiary/aromatic N) is 1. The van der Waals surface area contributed by atoms with E-state index in [-0.39, 0.29) is 0 Å². The van der Waals surface area contributed by atoms with E-state index in [2.05, 4.69) is 49.7 Å². The normalized spacial score (nSPS) is 47.1. The highest BCUT2D eigenvalue weighted by atomic mass is 79.9. The third kappa shape index (κ3) is 2.03. The third-order valence-corrected chi connectivity index (χ3v) is 7.83. The fraction of sp³-hybridized carbons (Fsp3) is 0.938. The van der Waals surface area contributed by atoms with Crippen molar-refractivity contribution in [2.24, 2.45) is 28.6 Å². The number of fused-ring (bicyclic) bond motifs is 1. The summed E-state index contributed by atoms with van der Waals surface area (Å²) >= 11 is 3.90. The second kappa shape index (κ2) is 4.82. The SMILES string of the molecule is CC1CCC2C(C)(C)[C@@H](Br)CC[C@]2(C)[C@H]1CC#N. The molecular formula is C16H26BrN. The second-order valence-electron chi connectivity index (χ2n) is 7.41. The fourth-order valence-electron chi connectivity index (χ4n) is 5.01. The van der Waals surface area contributed by atoms with Gasteiger partial charge in [-0.1, -0.05) is 50.0 Å². The van der Waals surface area contributed by atoms with Gasteiger partial charge in [-0.25, -0.2) is 0 Å². The molecule has 2 fully saturated rings. The minimum atomic E-state index is 0.362. The van der Waals surface area contributed by atoms with Gasteiger partial charge in [0, 0.05) is 11.2 Å². The lowest BCUT2D eigenvalue weighted by Gasteiger charge is -2.60. The van der Waals surface area contributed by atoms with Gasteiger partial charge in [0.2, 0.25) is 0 Å². The molecule has 2 saturated carbocycles. The summed E-state index contributed by atoms with van der Waals surface area (Å²) in [7, 11) is 0. The first-order chi connectivity index (χ1) is 8.34. The number of rotatable bonds is 1. The summed E-state index contributed by atoms with van der Waals surface area (Å²) in [6.45, 7) is 9.68. The standard InChI is InChI=1S/C16H26BrN/c1-11-5-6-13-15(2,3)14(17)7-9-16(13,4)12(11)8-10-18/h11-14H,5-9H2,1-4H3/t11?,12-,13?,14-,16+/m0/s1. The zero-order chi connectivity index (χ0) is 13.6. The lowest BCUT2D eigenvalue weighted by atomic mass is 9.46. The van der Waals surface area contributed by atoms with E-state index >= 15 is 0 Å². The van der Waals surface area contributed by atoms with Gasteiger partial charge < -0.3 is 0 Å². The van der Waals surface area contributed by atoms with Gasteiger partial charge in [-0.15, -0.1) is 0 Å². The Morgan fingerprint density at radius 2 is 1.89 bits per heavy atom. The Labute approximate surface area is 120 Å². The Bertz CT molecular complexity index is 357. The quantitative estimate of drug-likeness (QED) is 0.614. The van der Waals surface area contributed by atoms with Crippen molar-refractivity contribution in [3.05, 3.63) is 0 Å². The van der Waals surface area contributed by atoms with E-state index in [4.69, 9.17) is 5.26 Å². The molecule has 0 radical (unpaired) electrons. The Morgan fingerprint density at radius 1 is 1.22 bits per heavy atom. The maximum Gasteiger partial charge on any atom is 0.0624 e. The van der Waals surface area contributed by atoms with Crippen molar-refractivity contribution in [2.45, 2.75) is 64.6 Å². The lowest BCUT2D eigenvalue weighted by Crippen LogP contribution is -2.54. The minimum Gasteiger partial charge on any atom is -0.198 e. The Hall–Kier alpha value is -0.0300. The van der Waals surface area contributed by atoms with Crippen LogP contribution in [0.15, 0.2) is 0 Å². The van der Waals surface area contributed by atoms with Crippen LogP contribution in [-0.4, -0.2) is 4.83 Å². The van der Waals surface area contributed by atoms with Crippen LogP contribution in [0.25, 0.3) is 0 Å². The molecule has 102 valence electrons. The fourth-order valence-corrected chi connectivity index (χ4v) is 5.56. The highest BCUT2D eigenvalue weighted by molar-refractivity contribution is 9.09. The average molecular weight is 312 g/mol. The highest BCUT2D eigenvalue weighted by Crippen LogP contribution is 2.62. The summed E-state index contributed by atoms with van der Waals surface area (Å²) in [6.07, 6.45) is 5.93. The molecule has 2 rings (SSSR count). The predicted molar refractivity (Wildman–Crippen MR) is 79.4 cm³/mol. The van der Waals surface area contributed by atoms with Crippen LogP contribution in [0.2, 0.25) is 0 Å². The molecular weight excluding hydrogens is 286 g/mol. The molecule has 0 N–H and O–H groups in total. The Kier molecular flexibility index (Phi) is 3.85. The maximum atomic E-state index is 9.16. The molecule has 0 amide bonds. The van der Waals surface area contributed by atoms with Crippen LogP contribution in [0.5, 0.6) is 0 Å². The second-order valence-corrected chi connectivity index (χ2v) is 8.51. The van der Waals surface area contributed by atoms with Gasteiger partial charge in [0.05, 0.1) is 6.07 Å². The molecule has 18 heavy (non-hydrogen) atoms. The number of hydrogen-bond acceptors (Lipinski definition) is 1. The van der Waals surface area contributed by atoms with E-state index in [0.717, 1.165) is 12.3 Å². The number of alkyl halides is 1. The molecule has 0 aromatic carbocycles. The zero-order valence-electron chi connectivity index (χ0n) is 12.2. The van der Waals surface area contributed by atoms with Crippen molar-refractivity contribution in [1.82, 2.24) is 0 Å². The van der Waals surface area contributed by atoms with Crippen LogP contribution in [0.1, 0.15) is 59.8 Å². The van der Waals surface area contributed by atoms with Crippen molar-refractivity contribution in [3.8, 4) is 6.07 Å². The summed E-state index contributed by atoms with van der Waals surface area (Å²) in [6, 6.07) is 2.45. The largest absolute Gasteiger partial charge is 0.198 e. The van der Waals surface area contributed by atoms with Gasteiger partial charge in [-0.2, -0.15) is 5.26 Å². The van der Waals surface area contributed by atoms with Crippen molar-refractivity contribution < 1.29 is 0 Å². The van der Waals surface area contributed by atoms with Gasteiger partial charge in [0.25, 0.3) is 0 Å². The van der Waals surface area contributed by atoms with Gasteiger partial charge in [-0.05, 0) is 47.8 Å². The number of halogens is 1. The molecule has 0 heterocycles. The molecule has 2 aliphatic rings. The predicted octanol–water partition coefficient (Wildman–Crippen LogP) is 5.15. The Balaban J connectivity index is 2.35. The van der Waals surface area contributed by atoms with Crippen LogP contribution in [0.4, 0.5) is 0 Å². The summed E-state index contributed by atoms with van der Waals surface area (Å²) in [5, 5.41) is 9.16. The molecule has 0 aliphatic heterocycles. The molecule has 2 unspecified atom stereocenters. The highest BCUT2D eigenvalue weighted by Gasteiger charge is 2.56. The van der Waals surface area contributed by atoms with E-state index in [1.54, 1.807) is 0 Å². The average Bonchev–Trinajstić information content (AvgIpc) is 2.29. The molecule has 2 aliphatic carbocycles. The van der Waals surface area contributed by atoms with Crippen molar-refractivity contribution in [1.29, 1.82) is 5.26 Å². The topological polar surface area (TPSA) is 23.8 Å². The lowest BCUT2D eigenvalue weighted by molar-refractivity contribution is -0.0872. The summed E-state index contributed by atoms with van der Waals surface area (Å²) in [5.41, 5.74) is 0.738. The summed E-state index contributed by atoms with van der Waals surface area (Å²) in [5.74, 6) is 2.08. The van der Waals surface area contributed by atoms with Crippen LogP contribution >= 0.6 is 15.9 Å². The molecule has 0 aromatic rings. The first kappa shape index (κ1) is 14.4. The molecule has 0 saturated heterocycles. The molecule has 2 heteroatoms. The number of nitriles is 1. The molecule has 0 spiro atoms. The summed E-state index contributed by atoms with van der Waals surface area (Å²) in [4.78, 5) is 0.638. The van der Waals surface area contributed by atoms with Crippen molar-refractivity contribution in [2.75, 3.05) is 0 Å². The first-order valence-electron chi connectivity index (χ1n) is 7.35.